The summed E-state index contributed by atoms with van der Waals surface area (Å²) in [6.45, 7) is 11.9. The molecule has 0 aromatic carbocycles. The van der Waals surface area contributed by atoms with Crippen LogP contribution in [0.1, 0.15) is 113 Å². The van der Waals surface area contributed by atoms with Gasteiger partial charge >= 0.3 is 11.9 Å². The number of aliphatic hydroxyl groups excluding tert-OH is 6. The summed E-state index contributed by atoms with van der Waals surface area (Å²) in [5, 5.41) is 76.4. The number of ether oxygens (including phenoxy) is 7. The highest BCUT2D eigenvalue weighted by molar-refractivity contribution is 5.67. The fourth-order valence-electron chi connectivity index (χ4n) is 14.6. The van der Waals surface area contributed by atoms with E-state index in [1.165, 1.54) is 13.8 Å². The van der Waals surface area contributed by atoms with Gasteiger partial charge in [-0.1, -0.05) is 13.8 Å². The van der Waals surface area contributed by atoms with Crippen molar-refractivity contribution in [3.63, 3.8) is 0 Å². The second-order valence-electron chi connectivity index (χ2n) is 20.9. The summed E-state index contributed by atoms with van der Waals surface area (Å²) in [6.07, 6.45) is -6.72. The Morgan fingerprint density at radius 1 is 0.780 bits per heavy atom. The van der Waals surface area contributed by atoms with Crippen molar-refractivity contribution in [1.82, 2.24) is 0 Å². The van der Waals surface area contributed by atoms with E-state index in [2.05, 4.69) is 20.8 Å². The van der Waals surface area contributed by atoms with Gasteiger partial charge in [0.1, 0.15) is 30.5 Å². The largest absolute Gasteiger partial charge is 0.455 e. The monoisotopic (exact) mass is 840 g/mol. The smallest absolute Gasteiger partial charge is 0.303 e. The molecular weight excluding hydrogens is 772 g/mol. The molecule has 0 unspecified atom stereocenters. The molecule has 59 heavy (non-hydrogen) atoms. The van der Waals surface area contributed by atoms with E-state index in [1.807, 2.05) is 0 Å². The molecule has 8 rings (SSSR count). The van der Waals surface area contributed by atoms with Gasteiger partial charge in [0.05, 0.1) is 48.8 Å². The third-order valence-corrected chi connectivity index (χ3v) is 17.3. The predicted molar refractivity (Wildman–Crippen MR) is 204 cm³/mol. The number of hydrogen-bond acceptors (Lipinski definition) is 16. The highest BCUT2D eigenvalue weighted by Gasteiger charge is 2.84. The second-order valence-corrected chi connectivity index (χ2v) is 20.9. The molecule has 3 aliphatic heterocycles. The van der Waals surface area contributed by atoms with Crippen LogP contribution in [0.5, 0.6) is 0 Å². The Hall–Kier alpha value is -1.54. The number of rotatable bonds is 9. The molecule has 8 aliphatic rings. The second kappa shape index (κ2) is 15.0. The van der Waals surface area contributed by atoms with E-state index in [-0.39, 0.29) is 52.8 Å². The first-order chi connectivity index (χ1) is 27.5. The zero-order valence-electron chi connectivity index (χ0n) is 35.5. The predicted octanol–water partition coefficient (Wildman–Crippen LogP) is 1.23. The van der Waals surface area contributed by atoms with E-state index in [9.17, 15) is 45.3 Å². The minimum atomic E-state index is -1.59. The Bertz CT molecular complexity index is 1600. The Morgan fingerprint density at radius 3 is 2.12 bits per heavy atom. The van der Waals surface area contributed by atoms with Crippen LogP contribution in [0, 0.1) is 39.4 Å². The molecule has 3 saturated heterocycles. The number of carbonyl (C=O) groups is 2. The summed E-state index contributed by atoms with van der Waals surface area (Å²) in [6, 6.07) is 0. The molecular formula is C43H68O16. The number of carbonyl (C=O) groups excluding carboxylic acids is 2. The lowest BCUT2D eigenvalue weighted by Crippen LogP contribution is -2.63. The summed E-state index contributed by atoms with van der Waals surface area (Å²) >= 11 is 0. The van der Waals surface area contributed by atoms with E-state index in [1.54, 1.807) is 13.8 Å². The Labute approximate surface area is 346 Å². The van der Waals surface area contributed by atoms with Crippen LogP contribution in [-0.2, 0) is 42.7 Å². The van der Waals surface area contributed by atoms with Crippen LogP contribution >= 0.6 is 0 Å². The van der Waals surface area contributed by atoms with Crippen molar-refractivity contribution >= 4 is 11.9 Å². The Kier molecular flexibility index (Phi) is 11.2. The molecule has 336 valence electrons. The molecule has 8 fully saturated rings. The molecule has 3 heterocycles. The van der Waals surface area contributed by atoms with Crippen LogP contribution in [0.2, 0.25) is 0 Å². The summed E-state index contributed by atoms with van der Waals surface area (Å²) in [7, 11) is 0. The number of hydrogen-bond donors (Lipinski definition) is 7. The zero-order chi connectivity index (χ0) is 42.8. The zero-order valence-corrected chi connectivity index (χ0v) is 35.5. The van der Waals surface area contributed by atoms with Gasteiger partial charge in [0, 0.05) is 19.8 Å². The fourth-order valence-corrected chi connectivity index (χ4v) is 14.6. The lowest BCUT2D eigenvalue weighted by molar-refractivity contribution is -0.327. The first-order valence-electron chi connectivity index (χ1n) is 21.9. The molecule has 0 radical (unpaired) electrons. The first-order valence-corrected chi connectivity index (χ1v) is 21.9. The molecule has 0 aromatic heterocycles. The molecule has 0 aromatic rings. The third-order valence-electron chi connectivity index (χ3n) is 17.3. The molecule has 5 saturated carbocycles. The molecule has 7 N–H and O–H groups in total. The van der Waals surface area contributed by atoms with Crippen molar-refractivity contribution in [2.24, 2.45) is 39.4 Å². The molecule has 16 nitrogen and oxygen atoms in total. The number of esters is 2. The minimum absolute atomic E-state index is 0.0172. The lowest BCUT2D eigenvalue weighted by atomic mass is 9.42. The Morgan fingerprint density at radius 2 is 1.47 bits per heavy atom. The summed E-state index contributed by atoms with van der Waals surface area (Å²) < 4.78 is 43.1. The van der Waals surface area contributed by atoms with Crippen molar-refractivity contribution in [3.05, 3.63) is 0 Å². The molecule has 16 heteroatoms. The summed E-state index contributed by atoms with van der Waals surface area (Å²) in [5.74, 6) is -1.47. The van der Waals surface area contributed by atoms with Crippen LogP contribution < -0.4 is 0 Å². The average molecular weight is 841 g/mol. The quantitative estimate of drug-likeness (QED) is 0.128. The Balaban J connectivity index is 1.12. The number of aliphatic hydroxyl groups is 7. The average Bonchev–Trinajstić information content (AvgIpc) is 3.49. The van der Waals surface area contributed by atoms with Crippen molar-refractivity contribution in [2.75, 3.05) is 13.2 Å². The van der Waals surface area contributed by atoms with Crippen molar-refractivity contribution in [2.45, 2.75) is 204 Å². The van der Waals surface area contributed by atoms with E-state index < -0.39 is 103 Å². The highest BCUT2D eigenvalue weighted by atomic mass is 16.7. The topological polar surface area (TPSA) is 240 Å². The van der Waals surface area contributed by atoms with Crippen LogP contribution in [0.3, 0.4) is 0 Å². The SMILES string of the molecule is CC(=O)O[C@@H]1[C@@H](OC(C)=O)[C@H](O[C@H]2CC[C@H]3[C@@H](O[C@@H]4O[C@H](CO)[C@@H](O)[C@H](O)[C@H]4O)C[C@@H]4[C@@]5(CC[C@]6(C)[C@@H]([C@@]7(C)CC[C@@H](C(C)(C)O)O7)[C@@H](O)C[C@@]46C)C[C@]35C2)OC[C@H]1O. The van der Waals surface area contributed by atoms with Gasteiger partial charge < -0.3 is 68.9 Å². The van der Waals surface area contributed by atoms with Crippen LogP contribution in [0.4, 0.5) is 0 Å². The third kappa shape index (κ3) is 6.84. The molecule has 0 bridgehead atoms. The van der Waals surface area contributed by atoms with Gasteiger partial charge in [0.2, 0.25) is 0 Å². The van der Waals surface area contributed by atoms with Gasteiger partial charge in [-0.2, -0.15) is 0 Å². The summed E-state index contributed by atoms with van der Waals surface area (Å²) in [4.78, 5) is 24.3. The van der Waals surface area contributed by atoms with Crippen LogP contribution in [0.25, 0.3) is 0 Å². The van der Waals surface area contributed by atoms with E-state index >= 15 is 0 Å². The van der Waals surface area contributed by atoms with Crippen molar-refractivity contribution in [3.8, 4) is 0 Å². The normalized spacial score (nSPS) is 54.3. The first kappa shape index (κ1) is 44.1. The lowest BCUT2D eigenvalue weighted by Gasteiger charge is -2.63. The fraction of sp³-hybridized carbons (Fsp3) is 0.953. The van der Waals surface area contributed by atoms with Gasteiger partial charge in [-0.05, 0) is 118 Å². The van der Waals surface area contributed by atoms with Crippen molar-refractivity contribution < 1.29 is 78.5 Å². The van der Waals surface area contributed by atoms with E-state index in [0.29, 0.717) is 44.9 Å². The maximum Gasteiger partial charge on any atom is 0.303 e. The molecule has 2 spiro atoms. The van der Waals surface area contributed by atoms with Gasteiger partial charge in [-0.3, -0.25) is 9.59 Å². The summed E-state index contributed by atoms with van der Waals surface area (Å²) in [5.41, 5.74) is -2.91. The minimum Gasteiger partial charge on any atom is -0.455 e. The van der Waals surface area contributed by atoms with E-state index in [4.69, 9.17) is 33.2 Å². The van der Waals surface area contributed by atoms with Gasteiger partial charge in [0.15, 0.2) is 24.8 Å². The maximum atomic E-state index is 12.3. The van der Waals surface area contributed by atoms with Crippen molar-refractivity contribution in [1.29, 1.82) is 0 Å². The molecule has 21 atom stereocenters. The number of fused-ring (bicyclic) bond motifs is 2. The molecule has 5 aliphatic carbocycles. The van der Waals surface area contributed by atoms with Crippen LogP contribution in [-0.4, -0.2) is 152 Å². The van der Waals surface area contributed by atoms with Gasteiger partial charge in [-0.25, -0.2) is 0 Å². The standard InChI is InChI=1S/C43H68O16/c1-20(45)54-33-25(48)18-53-37(34(33)55-21(2)46)56-22-8-9-23-26(57-36-32(51)31(50)30(49)27(17-44)58-36)14-28-40(6)16-24(47)35(41(7)11-10-29(59-41)38(3,4)52)39(40,5)12-13-42(28)19-43(23,42)15-22/h22-37,44,47-52H,8-19H2,1-7H3/t22-,23-,24-,25+,26-,27+,28-,29-,30+,31-,32+,33-,34+,35-,36+,37-,39+,40-,41+,42+,43+/m0/s1. The maximum absolute atomic E-state index is 12.3. The molecule has 0 amide bonds. The van der Waals surface area contributed by atoms with E-state index in [0.717, 1.165) is 19.3 Å². The van der Waals surface area contributed by atoms with Gasteiger partial charge in [-0.15, -0.1) is 0 Å². The highest BCUT2D eigenvalue weighted by Crippen LogP contribution is 2.88. The van der Waals surface area contributed by atoms with Crippen LogP contribution in [0.15, 0.2) is 0 Å². The van der Waals surface area contributed by atoms with Gasteiger partial charge in [0.25, 0.3) is 0 Å².